The number of aromatic nitrogens is 2. The summed E-state index contributed by atoms with van der Waals surface area (Å²) in [4.78, 5) is 0. The first-order valence-corrected chi connectivity index (χ1v) is 6.44. The molecule has 0 spiro atoms. The first-order chi connectivity index (χ1) is 9.88. The zero-order valence-corrected chi connectivity index (χ0v) is 10.7. The van der Waals surface area contributed by atoms with Crippen LogP contribution in [0.2, 0.25) is 0 Å². The van der Waals surface area contributed by atoms with E-state index in [4.69, 9.17) is 9.47 Å². The molecule has 2 N–H and O–H groups in total. The number of benzene rings is 2. The molecule has 20 heavy (non-hydrogen) atoms. The number of aromatic amines is 1. The number of hydrogen-bond acceptors (Lipinski definition) is 4. The summed E-state index contributed by atoms with van der Waals surface area (Å²) in [7, 11) is 0. The Morgan fingerprint density at radius 2 is 2.05 bits per heavy atom. The van der Waals surface area contributed by atoms with Crippen molar-refractivity contribution in [2.75, 3.05) is 12.1 Å². The Hall–Kier alpha value is -2.69. The van der Waals surface area contributed by atoms with Crippen molar-refractivity contribution < 1.29 is 9.47 Å². The van der Waals surface area contributed by atoms with Crippen molar-refractivity contribution >= 4 is 16.6 Å². The third-order valence-corrected chi connectivity index (χ3v) is 3.38. The minimum absolute atomic E-state index is 0.308. The van der Waals surface area contributed by atoms with Crippen molar-refractivity contribution in [3.63, 3.8) is 0 Å². The molecule has 2 heterocycles. The molecule has 0 saturated heterocycles. The number of ether oxygens (including phenoxy) is 2. The van der Waals surface area contributed by atoms with Crippen LogP contribution in [-0.4, -0.2) is 17.0 Å². The van der Waals surface area contributed by atoms with Crippen LogP contribution >= 0.6 is 0 Å². The summed E-state index contributed by atoms with van der Waals surface area (Å²) < 4.78 is 10.7. The van der Waals surface area contributed by atoms with E-state index in [0.29, 0.717) is 6.79 Å². The van der Waals surface area contributed by atoms with Gasteiger partial charge in [0.2, 0.25) is 6.79 Å². The number of nitrogens with one attached hydrogen (secondary N) is 2. The van der Waals surface area contributed by atoms with Crippen LogP contribution in [0.1, 0.15) is 5.56 Å². The molecule has 4 rings (SSSR count). The molecule has 0 unspecified atom stereocenters. The van der Waals surface area contributed by atoms with Crippen LogP contribution in [0, 0.1) is 0 Å². The molecule has 0 amide bonds. The molecule has 5 heteroatoms. The highest BCUT2D eigenvalue weighted by Gasteiger charge is 2.12. The number of H-pyrrole nitrogens is 1. The van der Waals surface area contributed by atoms with Gasteiger partial charge in [-0.1, -0.05) is 6.07 Å². The average molecular weight is 267 g/mol. The van der Waals surface area contributed by atoms with Crippen molar-refractivity contribution in [3.05, 3.63) is 48.2 Å². The zero-order chi connectivity index (χ0) is 13.4. The van der Waals surface area contributed by atoms with Crippen LogP contribution in [0.4, 0.5) is 5.69 Å². The van der Waals surface area contributed by atoms with Gasteiger partial charge < -0.3 is 14.8 Å². The monoisotopic (exact) mass is 267 g/mol. The quantitative estimate of drug-likeness (QED) is 0.766. The fourth-order valence-corrected chi connectivity index (χ4v) is 2.30. The lowest BCUT2D eigenvalue weighted by molar-refractivity contribution is 0.174. The Morgan fingerprint density at radius 1 is 1.10 bits per heavy atom. The maximum Gasteiger partial charge on any atom is 0.231 e. The van der Waals surface area contributed by atoms with Gasteiger partial charge in [0.1, 0.15) is 0 Å². The molecule has 1 aromatic heterocycles. The fraction of sp³-hybridized carbons (Fsp3) is 0.133. The highest BCUT2D eigenvalue weighted by atomic mass is 16.7. The molecule has 100 valence electrons. The summed E-state index contributed by atoms with van der Waals surface area (Å²) in [5.41, 5.74) is 3.24. The fourth-order valence-electron chi connectivity index (χ4n) is 2.30. The predicted octanol–water partition coefficient (Wildman–Crippen LogP) is 2.90. The van der Waals surface area contributed by atoms with E-state index in [9.17, 15) is 0 Å². The van der Waals surface area contributed by atoms with E-state index in [1.54, 1.807) is 0 Å². The normalized spacial score (nSPS) is 12.8. The van der Waals surface area contributed by atoms with Gasteiger partial charge in [0.15, 0.2) is 11.5 Å². The highest BCUT2D eigenvalue weighted by molar-refractivity contribution is 5.81. The number of nitrogens with zero attached hydrogens (tertiary/aromatic N) is 1. The minimum atomic E-state index is 0.308. The zero-order valence-electron chi connectivity index (χ0n) is 10.7. The molecule has 2 aromatic carbocycles. The van der Waals surface area contributed by atoms with E-state index in [1.165, 1.54) is 0 Å². The van der Waals surface area contributed by atoms with Crippen molar-refractivity contribution in [1.82, 2.24) is 10.2 Å². The predicted molar refractivity (Wildman–Crippen MR) is 76.0 cm³/mol. The Morgan fingerprint density at radius 3 is 3.05 bits per heavy atom. The second-order valence-electron chi connectivity index (χ2n) is 4.71. The standard InChI is InChI=1S/C15H13N3O2/c1-4-14-15(20-9-19-14)5-10(1)7-16-12-3-2-11-8-17-18-13(11)6-12/h1-6,8,16H,7,9H2,(H,17,18). The molecular weight excluding hydrogens is 254 g/mol. The molecule has 1 aliphatic heterocycles. The number of hydrogen-bond donors (Lipinski definition) is 2. The van der Waals surface area contributed by atoms with Crippen LogP contribution in [0.25, 0.3) is 10.9 Å². The van der Waals surface area contributed by atoms with E-state index in [1.807, 2.05) is 36.5 Å². The van der Waals surface area contributed by atoms with Crippen LogP contribution < -0.4 is 14.8 Å². The lowest BCUT2D eigenvalue weighted by atomic mass is 10.2. The smallest absolute Gasteiger partial charge is 0.231 e. The number of anilines is 1. The van der Waals surface area contributed by atoms with Gasteiger partial charge in [0.25, 0.3) is 0 Å². The highest BCUT2D eigenvalue weighted by Crippen LogP contribution is 2.32. The van der Waals surface area contributed by atoms with Gasteiger partial charge in [0.05, 0.1) is 11.7 Å². The Bertz CT molecular complexity index is 767. The van der Waals surface area contributed by atoms with Gasteiger partial charge in [-0.05, 0) is 35.9 Å². The Kier molecular flexibility index (Phi) is 2.48. The summed E-state index contributed by atoms with van der Waals surface area (Å²) in [6.45, 7) is 1.04. The Balaban J connectivity index is 1.52. The third kappa shape index (κ3) is 1.93. The van der Waals surface area contributed by atoms with E-state index < -0.39 is 0 Å². The molecule has 1 aliphatic rings. The van der Waals surface area contributed by atoms with Gasteiger partial charge in [-0.15, -0.1) is 0 Å². The molecule has 0 bridgehead atoms. The molecule has 3 aromatic rings. The van der Waals surface area contributed by atoms with Crippen LogP contribution in [0.15, 0.2) is 42.6 Å². The summed E-state index contributed by atoms with van der Waals surface area (Å²) >= 11 is 0. The molecule has 0 aliphatic carbocycles. The molecule has 0 fully saturated rings. The van der Waals surface area contributed by atoms with Gasteiger partial charge in [0, 0.05) is 17.6 Å². The number of rotatable bonds is 3. The van der Waals surface area contributed by atoms with Gasteiger partial charge in [-0.3, -0.25) is 5.10 Å². The summed E-state index contributed by atoms with van der Waals surface area (Å²) in [6.07, 6.45) is 1.82. The maximum atomic E-state index is 5.38. The van der Waals surface area contributed by atoms with E-state index in [-0.39, 0.29) is 0 Å². The lowest BCUT2D eigenvalue weighted by Gasteiger charge is -2.07. The van der Waals surface area contributed by atoms with Crippen LogP contribution in [-0.2, 0) is 6.54 Å². The molecule has 5 nitrogen and oxygen atoms in total. The van der Waals surface area contributed by atoms with Crippen molar-refractivity contribution in [2.45, 2.75) is 6.54 Å². The lowest BCUT2D eigenvalue weighted by Crippen LogP contribution is -1.99. The van der Waals surface area contributed by atoms with Crippen molar-refractivity contribution in [2.24, 2.45) is 0 Å². The topological polar surface area (TPSA) is 59.2 Å². The van der Waals surface area contributed by atoms with Crippen LogP contribution in [0.5, 0.6) is 11.5 Å². The van der Waals surface area contributed by atoms with Crippen LogP contribution in [0.3, 0.4) is 0 Å². The minimum Gasteiger partial charge on any atom is -0.454 e. The molecule has 0 saturated carbocycles. The first-order valence-electron chi connectivity index (χ1n) is 6.44. The average Bonchev–Trinajstić information content (AvgIpc) is 3.12. The van der Waals surface area contributed by atoms with E-state index in [0.717, 1.165) is 40.2 Å². The summed E-state index contributed by atoms with van der Waals surface area (Å²) in [5.74, 6) is 1.63. The first kappa shape index (κ1) is 11.2. The summed E-state index contributed by atoms with van der Waals surface area (Å²) in [5, 5.41) is 11.5. The SMILES string of the molecule is c1cc2c(cc1CNc1ccc3cn[nH]c3c1)OCO2. The van der Waals surface area contributed by atoms with Gasteiger partial charge in [-0.2, -0.15) is 5.10 Å². The van der Waals surface area contributed by atoms with Crippen molar-refractivity contribution in [3.8, 4) is 11.5 Å². The Labute approximate surface area is 115 Å². The third-order valence-electron chi connectivity index (χ3n) is 3.38. The second kappa shape index (κ2) is 4.45. The second-order valence-corrected chi connectivity index (χ2v) is 4.71. The van der Waals surface area contributed by atoms with Gasteiger partial charge >= 0.3 is 0 Å². The largest absolute Gasteiger partial charge is 0.454 e. The van der Waals surface area contributed by atoms with E-state index >= 15 is 0 Å². The van der Waals surface area contributed by atoms with E-state index in [2.05, 4.69) is 21.6 Å². The van der Waals surface area contributed by atoms with Crippen molar-refractivity contribution in [1.29, 1.82) is 0 Å². The molecular formula is C15H13N3O2. The maximum absolute atomic E-state index is 5.38. The molecule has 0 atom stereocenters. The molecule has 0 radical (unpaired) electrons. The number of fused-ring (bicyclic) bond motifs is 2. The van der Waals surface area contributed by atoms with Gasteiger partial charge in [-0.25, -0.2) is 0 Å². The summed E-state index contributed by atoms with van der Waals surface area (Å²) in [6, 6.07) is 12.1.